The third-order valence-electron chi connectivity index (χ3n) is 8.80. The van der Waals surface area contributed by atoms with E-state index in [4.69, 9.17) is 0 Å². The predicted octanol–water partition coefficient (Wildman–Crippen LogP) is 4.04. The van der Waals surface area contributed by atoms with E-state index in [0.29, 0.717) is 41.0 Å². The first-order valence-electron chi connectivity index (χ1n) is 14.1. The number of nitrogens with zero attached hydrogens (tertiary/aromatic N) is 5. The van der Waals surface area contributed by atoms with Crippen LogP contribution in [0.3, 0.4) is 0 Å². The van der Waals surface area contributed by atoms with Crippen molar-refractivity contribution in [2.45, 2.75) is 38.2 Å². The van der Waals surface area contributed by atoms with Gasteiger partial charge in [-0.15, -0.1) is 0 Å². The molecule has 0 aliphatic carbocycles. The zero-order valence-electron chi connectivity index (χ0n) is 22.9. The number of aliphatic hydroxyl groups is 1. The molecule has 2 N–H and O–H groups in total. The molecule has 4 aromatic rings. The molecular formula is C30H28F4N6O3. The molecule has 7 rings (SSSR count). The highest BCUT2D eigenvalue weighted by molar-refractivity contribution is 6.31. The van der Waals surface area contributed by atoms with Gasteiger partial charge in [0, 0.05) is 62.6 Å². The fourth-order valence-electron chi connectivity index (χ4n) is 6.68. The lowest BCUT2D eigenvalue weighted by atomic mass is 9.91. The first-order chi connectivity index (χ1) is 20.6. The Balaban J connectivity index is 1.20. The number of pyridine rings is 1. The summed E-state index contributed by atoms with van der Waals surface area (Å²) < 4.78 is 57.8. The number of likely N-dealkylation sites (tertiary alicyclic amines) is 1. The number of imidazole rings is 1. The number of urea groups is 1. The number of rotatable bonds is 3. The van der Waals surface area contributed by atoms with Gasteiger partial charge in [0.25, 0.3) is 5.91 Å². The Morgan fingerprint density at radius 3 is 2.65 bits per heavy atom. The average molecular weight is 597 g/mol. The molecule has 1 fully saturated rings. The molecule has 1 atom stereocenters. The second-order valence-electron chi connectivity index (χ2n) is 11.3. The van der Waals surface area contributed by atoms with Crippen molar-refractivity contribution in [2.24, 2.45) is 5.92 Å². The molecular weight excluding hydrogens is 568 g/mol. The van der Waals surface area contributed by atoms with Gasteiger partial charge in [-0.25, -0.2) is 14.2 Å². The molecule has 0 radical (unpaired) electrons. The minimum atomic E-state index is -4.69. The smallest absolute Gasteiger partial charge is 0.383 e. The lowest BCUT2D eigenvalue weighted by Gasteiger charge is -2.37. The van der Waals surface area contributed by atoms with Crippen molar-refractivity contribution in [1.82, 2.24) is 29.1 Å². The molecule has 1 saturated heterocycles. The summed E-state index contributed by atoms with van der Waals surface area (Å²) >= 11 is 0. The summed E-state index contributed by atoms with van der Waals surface area (Å²) in [6.45, 7) is 1.30. The van der Waals surface area contributed by atoms with E-state index in [-0.39, 0.29) is 51.0 Å². The number of carbonyl (C=O) groups excluding carboxylic acids is 2. The van der Waals surface area contributed by atoms with Crippen LogP contribution in [0, 0.1) is 11.7 Å². The number of hydrogen-bond donors (Lipinski definition) is 2. The maximum Gasteiger partial charge on any atom is 0.414 e. The van der Waals surface area contributed by atoms with Crippen LogP contribution < -0.4 is 5.32 Å². The number of benzene rings is 1. The van der Waals surface area contributed by atoms with Gasteiger partial charge in [0.1, 0.15) is 11.5 Å². The number of aliphatic hydroxyl groups excluding tert-OH is 1. The first kappa shape index (κ1) is 27.4. The number of carbonyl (C=O) groups is 2. The standard InChI is InChI=1S/C30H28F4N6O3/c31-19-11-18-15-39(29(43)37-7-4-17(5-8-37)27(41)30(32,33)34)10-9-38-16-22(20(12-19)26(18)38)21-13-36-28(42)25(21)23-14-35-24-3-1-2-6-40(23)24/h1-3,6,11-12,14,16-17,27,41H,4-5,7-10,13,15H2,(H,36,42). The van der Waals surface area contributed by atoms with E-state index in [0.717, 1.165) is 16.7 Å². The van der Waals surface area contributed by atoms with E-state index in [1.165, 1.54) is 17.0 Å². The number of piperidine rings is 1. The molecule has 1 unspecified atom stereocenters. The SMILES string of the molecule is O=C1NCC(c2cn3c4c(cc(F)cc24)CN(C(=O)N2CCC(C(O)C(F)(F)F)CC2)CC3)=C1c1cnc2ccccn12. The number of alkyl halides is 3. The first-order valence-corrected chi connectivity index (χ1v) is 14.1. The van der Waals surface area contributed by atoms with Crippen molar-refractivity contribution in [3.05, 3.63) is 71.6 Å². The minimum absolute atomic E-state index is 0.0461. The molecule has 13 heteroatoms. The Morgan fingerprint density at radius 1 is 1.09 bits per heavy atom. The van der Waals surface area contributed by atoms with E-state index in [1.54, 1.807) is 11.1 Å². The van der Waals surface area contributed by atoms with Crippen molar-refractivity contribution in [3.63, 3.8) is 0 Å². The Labute approximate surface area is 243 Å². The highest BCUT2D eigenvalue weighted by Crippen LogP contribution is 2.38. The van der Waals surface area contributed by atoms with Crippen molar-refractivity contribution in [2.75, 3.05) is 26.2 Å². The zero-order chi connectivity index (χ0) is 30.0. The van der Waals surface area contributed by atoms with Crippen LogP contribution in [-0.2, 0) is 17.9 Å². The normalized spacial score (nSPS) is 19.0. The van der Waals surface area contributed by atoms with Crippen LogP contribution in [0.4, 0.5) is 22.4 Å². The molecule has 3 amide bonds. The molecule has 0 saturated carbocycles. The summed E-state index contributed by atoms with van der Waals surface area (Å²) in [4.78, 5) is 34.1. The van der Waals surface area contributed by atoms with Crippen LogP contribution in [0.25, 0.3) is 27.7 Å². The van der Waals surface area contributed by atoms with E-state index in [9.17, 15) is 27.9 Å². The molecule has 1 aromatic carbocycles. The van der Waals surface area contributed by atoms with Crippen LogP contribution in [0.2, 0.25) is 0 Å². The van der Waals surface area contributed by atoms with E-state index >= 15 is 4.39 Å². The van der Waals surface area contributed by atoms with Crippen molar-refractivity contribution in [3.8, 4) is 0 Å². The highest BCUT2D eigenvalue weighted by atomic mass is 19.4. The van der Waals surface area contributed by atoms with Crippen molar-refractivity contribution < 1.29 is 32.3 Å². The number of hydrogen-bond acceptors (Lipinski definition) is 4. The molecule has 0 spiro atoms. The van der Waals surface area contributed by atoms with Gasteiger partial charge in [-0.2, -0.15) is 13.2 Å². The fraction of sp³-hybridized carbons (Fsp3) is 0.367. The van der Waals surface area contributed by atoms with Crippen LogP contribution in [0.5, 0.6) is 0 Å². The van der Waals surface area contributed by atoms with Gasteiger partial charge in [0.15, 0.2) is 6.10 Å². The number of amides is 3. The molecule has 0 bridgehead atoms. The summed E-state index contributed by atoms with van der Waals surface area (Å²) in [5, 5.41) is 13.2. The van der Waals surface area contributed by atoms with Gasteiger partial charge in [-0.1, -0.05) is 6.07 Å². The van der Waals surface area contributed by atoms with Gasteiger partial charge in [0.2, 0.25) is 0 Å². The number of halogens is 4. The molecule has 9 nitrogen and oxygen atoms in total. The predicted molar refractivity (Wildman–Crippen MR) is 149 cm³/mol. The molecule has 3 aliphatic rings. The molecule has 43 heavy (non-hydrogen) atoms. The van der Waals surface area contributed by atoms with E-state index in [2.05, 4.69) is 10.3 Å². The monoisotopic (exact) mass is 596 g/mol. The maximum absolute atomic E-state index is 15.1. The molecule has 6 heterocycles. The molecule has 224 valence electrons. The third kappa shape index (κ3) is 4.62. The van der Waals surface area contributed by atoms with Gasteiger partial charge >= 0.3 is 12.2 Å². The quantitative estimate of drug-likeness (QED) is 0.349. The summed E-state index contributed by atoms with van der Waals surface area (Å²) in [5.74, 6) is -1.67. The van der Waals surface area contributed by atoms with Crippen LogP contribution in [0.1, 0.15) is 29.7 Å². The Morgan fingerprint density at radius 2 is 1.88 bits per heavy atom. The highest BCUT2D eigenvalue weighted by Gasteiger charge is 2.44. The third-order valence-corrected chi connectivity index (χ3v) is 8.80. The van der Waals surface area contributed by atoms with Crippen LogP contribution in [0.15, 0.2) is 48.9 Å². The second-order valence-corrected chi connectivity index (χ2v) is 11.3. The lowest BCUT2D eigenvalue weighted by molar-refractivity contribution is -0.222. The number of aromatic nitrogens is 3. The van der Waals surface area contributed by atoms with Crippen LogP contribution >= 0.6 is 0 Å². The topological polar surface area (TPSA) is 95.1 Å². The number of fused-ring (bicyclic) bond motifs is 1. The maximum atomic E-state index is 15.1. The molecule has 3 aliphatic heterocycles. The minimum Gasteiger partial charge on any atom is -0.383 e. The summed E-state index contributed by atoms with van der Waals surface area (Å²) in [6.07, 6.45) is -1.63. The Kier molecular flexibility index (Phi) is 6.45. The lowest BCUT2D eigenvalue weighted by Crippen LogP contribution is -2.49. The second kappa shape index (κ2) is 10.1. The van der Waals surface area contributed by atoms with E-state index in [1.807, 2.05) is 39.6 Å². The zero-order valence-corrected chi connectivity index (χ0v) is 22.9. The van der Waals surface area contributed by atoms with Crippen LogP contribution in [-0.4, -0.2) is 79.3 Å². The average Bonchev–Trinajstić information content (AvgIpc) is 3.64. The summed E-state index contributed by atoms with van der Waals surface area (Å²) in [7, 11) is 0. The van der Waals surface area contributed by atoms with Crippen molar-refractivity contribution in [1.29, 1.82) is 0 Å². The van der Waals surface area contributed by atoms with Crippen molar-refractivity contribution >= 4 is 39.6 Å². The largest absolute Gasteiger partial charge is 0.414 e. The van der Waals surface area contributed by atoms with Gasteiger partial charge in [-0.05, 0) is 54.2 Å². The van der Waals surface area contributed by atoms with E-state index < -0.39 is 24.0 Å². The van der Waals surface area contributed by atoms with Gasteiger partial charge in [0.05, 0.1) is 23.0 Å². The summed E-state index contributed by atoms with van der Waals surface area (Å²) in [5.41, 5.74) is 4.62. The molecule has 3 aromatic heterocycles. The summed E-state index contributed by atoms with van der Waals surface area (Å²) in [6, 6.07) is 8.08. The van der Waals surface area contributed by atoms with Gasteiger partial charge < -0.3 is 24.8 Å². The Hall–Kier alpha value is -4.39. The fourth-order valence-corrected chi connectivity index (χ4v) is 6.68. The Bertz CT molecular complexity index is 1800. The number of nitrogens with one attached hydrogen (secondary N) is 1. The van der Waals surface area contributed by atoms with Gasteiger partial charge in [-0.3, -0.25) is 9.20 Å².